The van der Waals surface area contributed by atoms with Crippen LogP contribution in [0, 0.1) is 0 Å². The van der Waals surface area contributed by atoms with Gasteiger partial charge in [-0.05, 0) is 59.3 Å². The summed E-state index contributed by atoms with van der Waals surface area (Å²) in [6.07, 6.45) is 12.6. The number of allylic oxidation sites excluding steroid dienone is 5. The molecule has 0 saturated carbocycles. The second-order valence-corrected chi connectivity index (χ2v) is 7.33. The van der Waals surface area contributed by atoms with Gasteiger partial charge in [0.25, 0.3) is 0 Å². The van der Waals surface area contributed by atoms with Gasteiger partial charge in [-0.15, -0.1) is 11.6 Å². The average molecular weight is 383 g/mol. The molecule has 0 aliphatic carbocycles. The number of hydrogen-bond acceptors (Lipinski definition) is 4. The summed E-state index contributed by atoms with van der Waals surface area (Å²) in [4.78, 5) is 22.1. The third-order valence-corrected chi connectivity index (χ3v) is 5.04. The van der Waals surface area contributed by atoms with Crippen LogP contribution in [0.1, 0.15) is 59.3 Å². The molecular formula is C21H31ClO4. The Morgan fingerprint density at radius 2 is 1.69 bits per heavy atom. The second kappa shape index (κ2) is 11.3. The molecule has 4 nitrogen and oxygen atoms in total. The quantitative estimate of drug-likeness (QED) is 0.120. The van der Waals surface area contributed by atoms with Crippen molar-refractivity contribution in [3.63, 3.8) is 0 Å². The highest BCUT2D eigenvalue weighted by atomic mass is 35.5. The van der Waals surface area contributed by atoms with E-state index < -0.39 is 0 Å². The third kappa shape index (κ3) is 7.88. The number of methoxy groups -OCH3 is 1. The van der Waals surface area contributed by atoms with E-state index in [1.165, 1.54) is 18.3 Å². The zero-order chi connectivity index (χ0) is 19.6. The van der Waals surface area contributed by atoms with Crippen LogP contribution in [0.2, 0.25) is 0 Å². The summed E-state index contributed by atoms with van der Waals surface area (Å²) in [7, 11) is 1.36. The van der Waals surface area contributed by atoms with Gasteiger partial charge in [0, 0.05) is 5.57 Å². The fourth-order valence-corrected chi connectivity index (χ4v) is 3.00. The van der Waals surface area contributed by atoms with Gasteiger partial charge in [0.15, 0.2) is 6.29 Å². The molecule has 2 atom stereocenters. The molecular weight excluding hydrogens is 352 g/mol. The Kier molecular flexibility index (Phi) is 9.89. The molecule has 1 fully saturated rings. The van der Waals surface area contributed by atoms with E-state index in [0.717, 1.165) is 44.8 Å². The lowest BCUT2D eigenvalue weighted by Gasteiger charge is -2.04. The van der Waals surface area contributed by atoms with Crippen molar-refractivity contribution in [2.24, 2.45) is 0 Å². The van der Waals surface area contributed by atoms with E-state index in [9.17, 15) is 9.59 Å². The van der Waals surface area contributed by atoms with Gasteiger partial charge in [0.2, 0.25) is 0 Å². The first kappa shape index (κ1) is 22.7. The highest BCUT2D eigenvalue weighted by molar-refractivity contribution is 6.22. The summed E-state index contributed by atoms with van der Waals surface area (Å²) in [5, 5.41) is 0. The zero-order valence-corrected chi connectivity index (χ0v) is 17.1. The van der Waals surface area contributed by atoms with Crippen molar-refractivity contribution in [3.05, 3.63) is 34.9 Å². The Labute approximate surface area is 162 Å². The van der Waals surface area contributed by atoms with E-state index in [2.05, 4.69) is 30.7 Å². The normalized spacial score (nSPS) is 23.7. The first-order valence-corrected chi connectivity index (χ1v) is 9.67. The molecule has 0 spiro atoms. The molecule has 26 heavy (non-hydrogen) atoms. The molecule has 1 aliphatic heterocycles. The number of aldehydes is 1. The Morgan fingerprint density at radius 3 is 2.19 bits per heavy atom. The van der Waals surface area contributed by atoms with Crippen LogP contribution in [0.3, 0.4) is 0 Å². The second-order valence-electron chi connectivity index (χ2n) is 7.06. The van der Waals surface area contributed by atoms with Crippen molar-refractivity contribution in [1.29, 1.82) is 0 Å². The molecule has 146 valence electrons. The minimum absolute atomic E-state index is 0.178. The number of epoxide rings is 1. The molecule has 0 amide bonds. The Morgan fingerprint density at radius 1 is 1.12 bits per heavy atom. The van der Waals surface area contributed by atoms with E-state index >= 15 is 0 Å². The maximum absolute atomic E-state index is 11.4. The number of rotatable bonds is 12. The van der Waals surface area contributed by atoms with E-state index in [0.29, 0.717) is 5.57 Å². The van der Waals surface area contributed by atoms with Gasteiger partial charge in [-0.2, -0.15) is 0 Å². The largest absolute Gasteiger partial charge is 0.466 e. The van der Waals surface area contributed by atoms with Crippen LogP contribution < -0.4 is 0 Å². The molecule has 1 rings (SSSR count). The minimum Gasteiger partial charge on any atom is -0.466 e. The molecule has 1 saturated heterocycles. The lowest BCUT2D eigenvalue weighted by Crippen LogP contribution is -2.09. The van der Waals surface area contributed by atoms with E-state index in [1.807, 2.05) is 13.0 Å². The number of carbonyl (C=O) groups excluding carboxylic acids is 2. The molecule has 0 aromatic rings. The van der Waals surface area contributed by atoms with Crippen molar-refractivity contribution in [3.8, 4) is 0 Å². The fourth-order valence-electron chi connectivity index (χ4n) is 2.78. The monoisotopic (exact) mass is 382 g/mol. The predicted molar refractivity (Wildman–Crippen MR) is 105 cm³/mol. The number of carbonyl (C=O) groups is 2. The van der Waals surface area contributed by atoms with Crippen molar-refractivity contribution in [1.82, 2.24) is 0 Å². The van der Waals surface area contributed by atoms with E-state index in [1.54, 1.807) is 0 Å². The summed E-state index contributed by atoms with van der Waals surface area (Å²) in [6.45, 7) is 6.24. The molecule has 0 aromatic carbocycles. The summed E-state index contributed by atoms with van der Waals surface area (Å²) in [5.41, 5.74) is 2.94. The third-order valence-electron chi connectivity index (χ3n) is 4.75. The van der Waals surface area contributed by atoms with Crippen molar-refractivity contribution in [2.75, 3.05) is 13.0 Å². The maximum Gasteiger partial charge on any atom is 0.334 e. The van der Waals surface area contributed by atoms with Crippen LogP contribution in [0.15, 0.2) is 34.9 Å². The van der Waals surface area contributed by atoms with Gasteiger partial charge >= 0.3 is 5.97 Å². The maximum atomic E-state index is 11.4. The average Bonchev–Trinajstić information content (AvgIpc) is 3.28. The first-order valence-electron chi connectivity index (χ1n) is 9.14. The van der Waals surface area contributed by atoms with Crippen LogP contribution in [0.5, 0.6) is 0 Å². The molecule has 0 N–H and O–H groups in total. The molecule has 0 radical (unpaired) electrons. The lowest BCUT2D eigenvalue weighted by atomic mass is 10.00. The predicted octanol–water partition coefficient (Wildman–Crippen LogP) is 4.91. The summed E-state index contributed by atoms with van der Waals surface area (Å²) >= 11 is 5.75. The highest BCUT2D eigenvalue weighted by Gasteiger charge is 2.51. The Bertz CT molecular complexity index is 577. The Hall–Kier alpha value is -1.39. The number of esters is 1. The van der Waals surface area contributed by atoms with Gasteiger partial charge in [-0.3, -0.25) is 0 Å². The van der Waals surface area contributed by atoms with Crippen LogP contribution in [0.4, 0.5) is 0 Å². The summed E-state index contributed by atoms with van der Waals surface area (Å²) < 4.78 is 10.1. The minimum atomic E-state index is -0.354. The summed E-state index contributed by atoms with van der Waals surface area (Å²) in [5.74, 6) is -0.177. The number of halogens is 1. The standard InChI is InChI=1S/C21H31ClO4/c1-16(10-6-12-18(14-22)20(24)25-4)8-5-9-17(2)11-7-13-21(3)19(15-23)26-21/h8,11-12,15,19H,5-7,9-10,13-14H2,1-4H3/b16-8+,17-11+,18-12+/t19-,21+/m0/s1. The molecule has 5 heteroatoms. The molecule has 0 bridgehead atoms. The molecule has 1 heterocycles. The lowest BCUT2D eigenvalue weighted by molar-refractivity contribution is -0.136. The van der Waals surface area contributed by atoms with Crippen molar-refractivity contribution in [2.45, 2.75) is 71.0 Å². The van der Waals surface area contributed by atoms with E-state index in [-0.39, 0.29) is 23.6 Å². The van der Waals surface area contributed by atoms with Gasteiger partial charge in [-0.25, -0.2) is 4.79 Å². The smallest absolute Gasteiger partial charge is 0.334 e. The van der Waals surface area contributed by atoms with Gasteiger partial charge in [-0.1, -0.05) is 29.4 Å². The molecule has 0 unspecified atom stereocenters. The van der Waals surface area contributed by atoms with Gasteiger partial charge in [0.1, 0.15) is 6.10 Å². The molecule has 0 aromatic heterocycles. The van der Waals surface area contributed by atoms with Gasteiger partial charge in [0.05, 0.1) is 18.6 Å². The zero-order valence-electron chi connectivity index (χ0n) is 16.3. The van der Waals surface area contributed by atoms with Crippen LogP contribution in [0.25, 0.3) is 0 Å². The first-order chi connectivity index (χ1) is 12.4. The Balaban J connectivity index is 2.27. The number of hydrogen-bond donors (Lipinski definition) is 0. The highest BCUT2D eigenvalue weighted by Crippen LogP contribution is 2.39. The van der Waals surface area contributed by atoms with E-state index in [4.69, 9.17) is 16.3 Å². The van der Waals surface area contributed by atoms with Crippen molar-refractivity contribution < 1.29 is 19.1 Å². The van der Waals surface area contributed by atoms with Gasteiger partial charge < -0.3 is 14.3 Å². The number of ether oxygens (including phenoxy) is 2. The fraction of sp³-hybridized carbons (Fsp3) is 0.619. The SMILES string of the molecule is COC(=O)/C(=C/CC/C(C)=C/CC/C(C)=C/CC[C@@]1(C)O[C@H]1C=O)CCl. The van der Waals surface area contributed by atoms with Crippen LogP contribution in [-0.2, 0) is 19.1 Å². The van der Waals surface area contributed by atoms with Crippen LogP contribution >= 0.6 is 11.6 Å². The topological polar surface area (TPSA) is 55.9 Å². The van der Waals surface area contributed by atoms with Crippen molar-refractivity contribution >= 4 is 23.9 Å². The molecule has 1 aliphatic rings. The van der Waals surface area contributed by atoms with Crippen LogP contribution in [-0.4, -0.2) is 37.0 Å². The number of alkyl halides is 1. The summed E-state index contributed by atoms with van der Waals surface area (Å²) in [6, 6.07) is 0.